The van der Waals surface area contributed by atoms with Gasteiger partial charge in [-0.25, -0.2) is 12.8 Å². The number of ketones is 1. The minimum absolute atomic E-state index is 0.0622. The minimum Gasteiger partial charge on any atom is -0.478 e. The van der Waals surface area contributed by atoms with E-state index in [9.17, 15) is 17.6 Å². The molecule has 0 amide bonds. The second-order valence-corrected chi connectivity index (χ2v) is 10.1. The minimum atomic E-state index is -3.02. The van der Waals surface area contributed by atoms with Gasteiger partial charge in [0.05, 0.1) is 22.6 Å². The summed E-state index contributed by atoms with van der Waals surface area (Å²) in [7, 11) is -3.02. The van der Waals surface area contributed by atoms with Crippen LogP contribution in [0.1, 0.15) is 33.5 Å². The Morgan fingerprint density at radius 1 is 1.27 bits per heavy atom. The standard InChI is InChI=1S/C22H20FNO5S/c1-13-8-18-16(10-24(12-28-18)15-6-7-30(26,27)11-15)22-20(13)21(25)19(29-22)9-14-4-2-3-5-17(14)23/h2-5,8-9,15H,6-7,10-12H2,1H3/b19-9-. The third-order valence-corrected chi connectivity index (χ3v) is 7.62. The number of aryl methyl sites for hydroxylation is 1. The fourth-order valence-corrected chi connectivity index (χ4v) is 6.04. The van der Waals surface area contributed by atoms with Gasteiger partial charge < -0.3 is 9.47 Å². The van der Waals surface area contributed by atoms with E-state index in [1.165, 1.54) is 12.1 Å². The van der Waals surface area contributed by atoms with Gasteiger partial charge in [-0.05, 0) is 37.1 Å². The van der Waals surface area contributed by atoms with Crippen LogP contribution in [0.4, 0.5) is 4.39 Å². The van der Waals surface area contributed by atoms with E-state index in [2.05, 4.69) is 0 Å². The Morgan fingerprint density at radius 2 is 2.07 bits per heavy atom. The second kappa shape index (κ2) is 6.92. The lowest BCUT2D eigenvalue weighted by Crippen LogP contribution is -2.41. The molecular weight excluding hydrogens is 409 g/mol. The van der Waals surface area contributed by atoms with Gasteiger partial charge in [0, 0.05) is 18.2 Å². The number of carbonyl (C=O) groups is 1. The third-order valence-electron chi connectivity index (χ3n) is 5.87. The van der Waals surface area contributed by atoms with Gasteiger partial charge in [-0.1, -0.05) is 18.2 Å². The van der Waals surface area contributed by atoms with E-state index in [-0.39, 0.29) is 41.4 Å². The first-order valence-electron chi connectivity index (χ1n) is 9.75. The molecule has 3 aliphatic heterocycles. The van der Waals surface area contributed by atoms with E-state index < -0.39 is 15.7 Å². The third kappa shape index (κ3) is 3.20. The lowest BCUT2D eigenvalue weighted by Gasteiger charge is -2.33. The molecule has 0 saturated carbocycles. The Hall–Kier alpha value is -2.71. The van der Waals surface area contributed by atoms with Gasteiger partial charge in [-0.15, -0.1) is 0 Å². The van der Waals surface area contributed by atoms with Crippen LogP contribution >= 0.6 is 0 Å². The summed E-state index contributed by atoms with van der Waals surface area (Å²) in [6.45, 7) is 2.53. The van der Waals surface area contributed by atoms with Crippen LogP contribution in [0.25, 0.3) is 6.08 Å². The quantitative estimate of drug-likeness (QED) is 0.684. The van der Waals surface area contributed by atoms with E-state index in [0.29, 0.717) is 30.0 Å². The van der Waals surface area contributed by atoms with Gasteiger partial charge in [0.2, 0.25) is 5.78 Å². The van der Waals surface area contributed by atoms with Crippen molar-refractivity contribution < 1.29 is 27.1 Å². The fourth-order valence-electron chi connectivity index (χ4n) is 4.28. The number of hydrogen-bond donors (Lipinski definition) is 0. The average Bonchev–Trinajstić information content (AvgIpc) is 3.24. The van der Waals surface area contributed by atoms with E-state index in [1.807, 2.05) is 17.9 Å². The highest BCUT2D eigenvalue weighted by molar-refractivity contribution is 7.91. The van der Waals surface area contributed by atoms with Crippen molar-refractivity contribution in [2.45, 2.75) is 25.9 Å². The molecule has 5 rings (SSSR count). The number of carbonyl (C=O) groups excluding carboxylic acids is 1. The summed E-state index contributed by atoms with van der Waals surface area (Å²) in [6, 6.07) is 7.87. The molecule has 0 N–H and O–H groups in total. The first kappa shape index (κ1) is 19.3. The molecule has 8 heteroatoms. The number of allylic oxidation sites excluding steroid dienone is 1. The van der Waals surface area contributed by atoms with Crippen LogP contribution in [0.3, 0.4) is 0 Å². The number of hydrogen-bond acceptors (Lipinski definition) is 6. The van der Waals surface area contributed by atoms with Crippen molar-refractivity contribution in [1.29, 1.82) is 0 Å². The zero-order valence-electron chi connectivity index (χ0n) is 16.4. The summed E-state index contributed by atoms with van der Waals surface area (Å²) in [5.74, 6) is 0.663. The highest BCUT2D eigenvalue weighted by Gasteiger charge is 2.39. The predicted molar refractivity (Wildman–Crippen MR) is 109 cm³/mol. The molecule has 0 aliphatic carbocycles. The molecule has 30 heavy (non-hydrogen) atoms. The maximum absolute atomic E-state index is 14.1. The highest BCUT2D eigenvalue weighted by atomic mass is 32.2. The van der Waals surface area contributed by atoms with Gasteiger partial charge in [-0.3, -0.25) is 9.69 Å². The van der Waals surface area contributed by atoms with Crippen molar-refractivity contribution in [2.24, 2.45) is 0 Å². The number of nitrogens with zero attached hydrogens (tertiary/aromatic N) is 1. The van der Waals surface area contributed by atoms with Crippen molar-refractivity contribution in [3.05, 3.63) is 64.2 Å². The first-order valence-corrected chi connectivity index (χ1v) is 11.6. The molecule has 2 aromatic carbocycles. The van der Waals surface area contributed by atoms with Crippen LogP contribution in [0.5, 0.6) is 11.5 Å². The van der Waals surface area contributed by atoms with Crippen LogP contribution in [0.2, 0.25) is 0 Å². The number of sulfone groups is 1. The Labute approximate surface area is 173 Å². The summed E-state index contributed by atoms with van der Waals surface area (Å²) < 4.78 is 49.6. The monoisotopic (exact) mass is 429 g/mol. The van der Waals surface area contributed by atoms with Gasteiger partial charge in [-0.2, -0.15) is 0 Å². The molecule has 1 fully saturated rings. The molecule has 1 atom stereocenters. The Balaban J connectivity index is 1.51. The Bertz CT molecular complexity index is 1200. The number of benzene rings is 2. The summed E-state index contributed by atoms with van der Waals surface area (Å²) in [5.41, 5.74) is 2.16. The molecule has 6 nitrogen and oxygen atoms in total. The topological polar surface area (TPSA) is 72.9 Å². The summed E-state index contributed by atoms with van der Waals surface area (Å²) in [5, 5.41) is 0. The number of Topliss-reactive ketones (excluding diaryl/α,β-unsaturated/α-hetero) is 1. The molecule has 0 radical (unpaired) electrons. The SMILES string of the molecule is Cc1cc2c(c3c1C(=O)/C(=C/c1ccccc1F)O3)CN(C1CCS(=O)(=O)C1)CO2. The molecule has 1 unspecified atom stereocenters. The van der Waals surface area contributed by atoms with Crippen molar-refractivity contribution in [3.63, 3.8) is 0 Å². The van der Waals surface area contributed by atoms with Gasteiger partial charge in [0.15, 0.2) is 15.6 Å². The number of ether oxygens (including phenoxy) is 2. The number of fused-ring (bicyclic) bond motifs is 3. The molecule has 3 heterocycles. The van der Waals surface area contributed by atoms with Crippen molar-refractivity contribution >= 4 is 21.7 Å². The molecule has 1 saturated heterocycles. The first-order chi connectivity index (χ1) is 14.3. The molecule has 3 aliphatic rings. The Morgan fingerprint density at radius 3 is 2.80 bits per heavy atom. The van der Waals surface area contributed by atoms with E-state index in [1.54, 1.807) is 18.2 Å². The normalized spacial score (nSPS) is 23.7. The molecule has 0 bridgehead atoms. The van der Waals surface area contributed by atoms with Crippen LogP contribution < -0.4 is 9.47 Å². The van der Waals surface area contributed by atoms with Crippen molar-refractivity contribution in [2.75, 3.05) is 18.2 Å². The predicted octanol–water partition coefficient (Wildman–Crippen LogP) is 3.09. The van der Waals surface area contributed by atoms with E-state index in [0.717, 1.165) is 11.1 Å². The molecule has 0 aromatic heterocycles. The van der Waals surface area contributed by atoms with Crippen LogP contribution in [-0.4, -0.2) is 43.4 Å². The van der Waals surface area contributed by atoms with Crippen molar-refractivity contribution in [1.82, 2.24) is 4.90 Å². The molecule has 0 spiro atoms. The summed E-state index contributed by atoms with van der Waals surface area (Å²) in [6.07, 6.45) is 1.97. The molecule has 2 aromatic rings. The van der Waals surface area contributed by atoms with Crippen LogP contribution in [-0.2, 0) is 16.4 Å². The molecule has 156 valence electrons. The van der Waals surface area contributed by atoms with Gasteiger partial charge in [0.25, 0.3) is 0 Å². The second-order valence-electron chi connectivity index (χ2n) is 7.91. The van der Waals surface area contributed by atoms with E-state index >= 15 is 0 Å². The Kier molecular flexibility index (Phi) is 4.44. The highest BCUT2D eigenvalue weighted by Crippen LogP contribution is 2.44. The number of halogens is 1. The number of rotatable bonds is 2. The van der Waals surface area contributed by atoms with Gasteiger partial charge >= 0.3 is 0 Å². The summed E-state index contributed by atoms with van der Waals surface area (Å²) >= 11 is 0. The van der Waals surface area contributed by atoms with Gasteiger partial charge in [0.1, 0.15) is 24.0 Å². The lowest BCUT2D eigenvalue weighted by atomic mass is 9.98. The van der Waals surface area contributed by atoms with Crippen molar-refractivity contribution in [3.8, 4) is 11.5 Å². The van der Waals surface area contributed by atoms with E-state index in [4.69, 9.17) is 9.47 Å². The van der Waals surface area contributed by atoms with Crippen LogP contribution in [0, 0.1) is 12.7 Å². The lowest BCUT2D eigenvalue weighted by molar-refractivity contribution is 0.0633. The summed E-state index contributed by atoms with van der Waals surface area (Å²) in [4.78, 5) is 15.0. The molecular formula is C22H20FNO5S. The smallest absolute Gasteiger partial charge is 0.232 e. The maximum Gasteiger partial charge on any atom is 0.232 e. The largest absolute Gasteiger partial charge is 0.478 e. The maximum atomic E-state index is 14.1. The zero-order chi connectivity index (χ0) is 21.0. The van der Waals surface area contributed by atoms with Crippen LogP contribution in [0.15, 0.2) is 36.1 Å². The average molecular weight is 429 g/mol. The zero-order valence-corrected chi connectivity index (χ0v) is 17.2. The fraction of sp³-hybridized carbons (Fsp3) is 0.318.